The smallest absolute Gasteiger partial charge is 0.307 e. The molecule has 1 aromatic rings. The molecule has 1 amide bonds. The normalized spacial score (nSPS) is 29.2. The number of carbonyl (C=O) groups excluding carboxylic acids is 1. The molecule has 2 aliphatic rings. The Hall–Kier alpha value is -2.11. The van der Waals surface area contributed by atoms with E-state index in [1.165, 1.54) is 0 Å². The van der Waals surface area contributed by atoms with Crippen molar-refractivity contribution in [3.63, 3.8) is 0 Å². The highest BCUT2D eigenvalue weighted by atomic mass is 16.4. The molecule has 1 saturated carbocycles. The lowest BCUT2D eigenvalue weighted by Gasteiger charge is -2.18. The van der Waals surface area contributed by atoms with Crippen LogP contribution in [0.3, 0.4) is 0 Å². The summed E-state index contributed by atoms with van der Waals surface area (Å²) >= 11 is 0. The Labute approximate surface area is 129 Å². The van der Waals surface area contributed by atoms with Gasteiger partial charge in [-0.1, -0.05) is 19.9 Å². The minimum Gasteiger partial charge on any atom is -0.481 e. The lowest BCUT2D eigenvalue weighted by Crippen LogP contribution is -2.39. The number of nitrogens with one attached hydrogen (secondary N) is 1. The minimum atomic E-state index is -0.883. The third-order valence-corrected chi connectivity index (χ3v) is 4.88. The van der Waals surface area contributed by atoms with Crippen LogP contribution in [-0.4, -0.2) is 41.1 Å². The van der Waals surface area contributed by atoms with Gasteiger partial charge in [0.05, 0.1) is 11.8 Å². The zero-order chi connectivity index (χ0) is 15.9. The number of pyridine rings is 1. The van der Waals surface area contributed by atoms with Gasteiger partial charge < -0.3 is 15.3 Å². The number of aromatic nitrogens is 1. The number of hydrogen-bond donors (Lipinski definition) is 2. The number of aliphatic carboxylic acids is 1. The molecule has 0 spiro atoms. The molecule has 6 nitrogen and oxygen atoms in total. The SMILES string of the molecule is CC1(C)[C@H](C(=O)O)[C@@H]1C(=O)NC1CCN(c2ccccn2)C1. The Morgan fingerprint density at radius 1 is 1.36 bits per heavy atom. The second-order valence-corrected chi connectivity index (χ2v) is 6.74. The molecule has 1 aliphatic carbocycles. The van der Waals surface area contributed by atoms with E-state index in [2.05, 4.69) is 15.2 Å². The van der Waals surface area contributed by atoms with Gasteiger partial charge in [0, 0.05) is 25.3 Å². The van der Waals surface area contributed by atoms with Crippen molar-refractivity contribution in [2.45, 2.75) is 26.3 Å². The first-order valence-corrected chi connectivity index (χ1v) is 7.60. The van der Waals surface area contributed by atoms with Gasteiger partial charge in [-0.25, -0.2) is 4.98 Å². The summed E-state index contributed by atoms with van der Waals surface area (Å²) in [5, 5.41) is 12.2. The largest absolute Gasteiger partial charge is 0.481 e. The Morgan fingerprint density at radius 3 is 2.73 bits per heavy atom. The predicted octanol–water partition coefficient (Wildman–Crippen LogP) is 1.13. The van der Waals surface area contributed by atoms with Gasteiger partial charge >= 0.3 is 5.97 Å². The molecule has 0 radical (unpaired) electrons. The van der Waals surface area contributed by atoms with Crippen LogP contribution >= 0.6 is 0 Å². The van der Waals surface area contributed by atoms with Crippen LogP contribution in [0.2, 0.25) is 0 Å². The molecule has 2 heterocycles. The topological polar surface area (TPSA) is 82.5 Å². The molecular weight excluding hydrogens is 282 g/mol. The van der Waals surface area contributed by atoms with Crippen LogP contribution in [0.25, 0.3) is 0 Å². The standard InChI is InChI=1S/C16H21N3O3/c1-16(2)12(13(16)15(21)22)14(20)18-10-6-8-19(9-10)11-5-3-4-7-17-11/h3-5,7,10,12-13H,6,8-9H2,1-2H3,(H,18,20)(H,21,22)/t10?,12-,13+/m1/s1. The highest BCUT2D eigenvalue weighted by Crippen LogP contribution is 2.58. The van der Waals surface area contributed by atoms with Crippen LogP contribution < -0.4 is 10.2 Å². The quantitative estimate of drug-likeness (QED) is 0.871. The van der Waals surface area contributed by atoms with Crippen LogP contribution in [0.15, 0.2) is 24.4 Å². The van der Waals surface area contributed by atoms with Crippen molar-refractivity contribution in [3.05, 3.63) is 24.4 Å². The third kappa shape index (κ3) is 2.53. The van der Waals surface area contributed by atoms with Crippen LogP contribution in [-0.2, 0) is 9.59 Å². The predicted molar refractivity (Wildman–Crippen MR) is 81.4 cm³/mol. The Morgan fingerprint density at radius 2 is 2.14 bits per heavy atom. The average molecular weight is 303 g/mol. The van der Waals surface area contributed by atoms with E-state index in [0.717, 1.165) is 18.8 Å². The van der Waals surface area contributed by atoms with E-state index in [1.807, 2.05) is 32.0 Å². The van der Waals surface area contributed by atoms with Crippen molar-refractivity contribution in [1.82, 2.24) is 10.3 Å². The molecule has 0 aromatic carbocycles. The van der Waals surface area contributed by atoms with Crippen LogP contribution in [0.5, 0.6) is 0 Å². The van der Waals surface area contributed by atoms with Crippen molar-refractivity contribution in [3.8, 4) is 0 Å². The average Bonchev–Trinajstić information content (AvgIpc) is 2.82. The molecule has 2 N–H and O–H groups in total. The van der Waals surface area contributed by atoms with Gasteiger partial charge in [0.1, 0.15) is 5.82 Å². The molecule has 118 valence electrons. The van der Waals surface area contributed by atoms with Gasteiger partial charge in [0.15, 0.2) is 0 Å². The molecule has 6 heteroatoms. The van der Waals surface area contributed by atoms with Gasteiger partial charge in [-0.05, 0) is 24.0 Å². The Kier molecular flexibility index (Phi) is 3.54. The maximum atomic E-state index is 12.3. The number of carbonyl (C=O) groups is 2. The number of carboxylic acid groups (broad SMARTS) is 1. The summed E-state index contributed by atoms with van der Waals surface area (Å²) in [6, 6.07) is 5.83. The van der Waals surface area contributed by atoms with Crippen molar-refractivity contribution >= 4 is 17.7 Å². The fourth-order valence-electron chi connectivity index (χ4n) is 3.51. The van der Waals surface area contributed by atoms with Gasteiger partial charge in [0.2, 0.25) is 5.91 Å². The van der Waals surface area contributed by atoms with Crippen LogP contribution in [0, 0.1) is 17.3 Å². The van der Waals surface area contributed by atoms with Gasteiger partial charge in [-0.15, -0.1) is 0 Å². The number of nitrogens with zero attached hydrogens (tertiary/aromatic N) is 2. The highest BCUT2D eigenvalue weighted by molar-refractivity contribution is 5.91. The first-order valence-electron chi connectivity index (χ1n) is 7.60. The van der Waals surface area contributed by atoms with Crippen LogP contribution in [0.4, 0.5) is 5.82 Å². The number of anilines is 1. The fourth-order valence-corrected chi connectivity index (χ4v) is 3.51. The van der Waals surface area contributed by atoms with Crippen molar-refractivity contribution < 1.29 is 14.7 Å². The molecule has 0 bridgehead atoms. The molecular formula is C16H21N3O3. The zero-order valence-corrected chi connectivity index (χ0v) is 12.8. The van der Waals surface area contributed by atoms with Gasteiger partial charge in [-0.2, -0.15) is 0 Å². The van der Waals surface area contributed by atoms with E-state index in [0.29, 0.717) is 6.54 Å². The number of amides is 1. The molecule has 1 aliphatic heterocycles. The lowest BCUT2D eigenvalue weighted by atomic mass is 10.1. The summed E-state index contributed by atoms with van der Waals surface area (Å²) in [5.41, 5.74) is -0.449. The number of hydrogen-bond acceptors (Lipinski definition) is 4. The zero-order valence-electron chi connectivity index (χ0n) is 12.8. The minimum absolute atomic E-state index is 0.0559. The summed E-state index contributed by atoms with van der Waals surface area (Å²) in [6.45, 7) is 5.24. The van der Waals surface area contributed by atoms with E-state index in [4.69, 9.17) is 5.11 Å². The van der Waals surface area contributed by atoms with Crippen molar-refractivity contribution in [1.29, 1.82) is 0 Å². The lowest BCUT2D eigenvalue weighted by molar-refractivity contribution is -0.140. The Bertz CT molecular complexity index is 588. The summed E-state index contributed by atoms with van der Waals surface area (Å²) in [7, 11) is 0. The Balaban J connectivity index is 1.57. The number of rotatable bonds is 4. The maximum Gasteiger partial charge on any atom is 0.307 e. The van der Waals surface area contributed by atoms with E-state index in [9.17, 15) is 9.59 Å². The second kappa shape index (κ2) is 5.26. The summed E-state index contributed by atoms with van der Waals surface area (Å²) in [4.78, 5) is 29.9. The molecule has 1 aromatic heterocycles. The maximum absolute atomic E-state index is 12.3. The molecule has 22 heavy (non-hydrogen) atoms. The second-order valence-electron chi connectivity index (χ2n) is 6.74. The van der Waals surface area contributed by atoms with Crippen molar-refractivity contribution in [2.75, 3.05) is 18.0 Å². The summed E-state index contributed by atoms with van der Waals surface area (Å²) in [5.74, 6) is -1.10. The molecule has 2 fully saturated rings. The first kappa shape index (κ1) is 14.8. The summed E-state index contributed by atoms with van der Waals surface area (Å²) < 4.78 is 0. The van der Waals surface area contributed by atoms with Gasteiger partial charge in [0.25, 0.3) is 0 Å². The monoisotopic (exact) mass is 303 g/mol. The number of carboxylic acids is 1. The van der Waals surface area contributed by atoms with Crippen LogP contribution in [0.1, 0.15) is 20.3 Å². The highest BCUT2D eigenvalue weighted by Gasteiger charge is 2.66. The molecule has 1 saturated heterocycles. The molecule has 3 rings (SSSR count). The molecule has 1 unspecified atom stereocenters. The summed E-state index contributed by atoms with van der Waals surface area (Å²) in [6.07, 6.45) is 2.61. The van der Waals surface area contributed by atoms with Crippen molar-refractivity contribution in [2.24, 2.45) is 17.3 Å². The first-order chi connectivity index (χ1) is 10.4. The van der Waals surface area contributed by atoms with E-state index < -0.39 is 23.2 Å². The van der Waals surface area contributed by atoms with E-state index in [-0.39, 0.29) is 11.9 Å². The van der Waals surface area contributed by atoms with E-state index >= 15 is 0 Å². The molecule has 3 atom stereocenters. The van der Waals surface area contributed by atoms with E-state index in [1.54, 1.807) is 6.20 Å². The van der Waals surface area contributed by atoms with Gasteiger partial charge in [-0.3, -0.25) is 9.59 Å². The third-order valence-electron chi connectivity index (χ3n) is 4.88. The fraction of sp³-hybridized carbons (Fsp3) is 0.562.